The zero-order valence-corrected chi connectivity index (χ0v) is 15.8. The van der Waals surface area contributed by atoms with E-state index in [4.69, 9.17) is 9.47 Å². The SMILES string of the molecule is COc1ccc([C@@H](C)NC(=O)c2ccc(OCc3cscn3)cc2)cc1F. The van der Waals surface area contributed by atoms with Gasteiger partial charge in [-0.1, -0.05) is 6.07 Å². The number of carbonyl (C=O) groups excluding carboxylic acids is 1. The maximum atomic E-state index is 13.8. The third kappa shape index (κ3) is 4.83. The number of carbonyl (C=O) groups is 1. The first-order valence-electron chi connectivity index (χ1n) is 8.31. The summed E-state index contributed by atoms with van der Waals surface area (Å²) in [4.78, 5) is 16.6. The highest BCUT2D eigenvalue weighted by Gasteiger charge is 2.14. The summed E-state index contributed by atoms with van der Waals surface area (Å²) in [5.41, 5.74) is 3.77. The van der Waals surface area contributed by atoms with E-state index in [0.717, 1.165) is 5.69 Å². The molecule has 1 N–H and O–H groups in total. The van der Waals surface area contributed by atoms with Gasteiger partial charge in [-0.25, -0.2) is 9.37 Å². The Balaban J connectivity index is 1.59. The van der Waals surface area contributed by atoms with Gasteiger partial charge >= 0.3 is 0 Å². The van der Waals surface area contributed by atoms with Crippen LogP contribution in [0.25, 0.3) is 0 Å². The summed E-state index contributed by atoms with van der Waals surface area (Å²) in [6.45, 7) is 2.18. The molecule has 0 unspecified atom stereocenters. The number of ether oxygens (including phenoxy) is 2. The van der Waals surface area contributed by atoms with Gasteiger partial charge in [0.05, 0.1) is 24.4 Å². The Hall–Kier alpha value is -2.93. The van der Waals surface area contributed by atoms with Crippen LogP contribution in [0, 0.1) is 5.82 Å². The fourth-order valence-corrected chi connectivity index (χ4v) is 3.03. The van der Waals surface area contributed by atoms with E-state index >= 15 is 0 Å². The summed E-state index contributed by atoms with van der Waals surface area (Å²) in [6.07, 6.45) is 0. The van der Waals surface area contributed by atoms with Crippen LogP contribution >= 0.6 is 11.3 Å². The molecule has 0 saturated carbocycles. The van der Waals surface area contributed by atoms with Crippen LogP contribution in [0.3, 0.4) is 0 Å². The highest BCUT2D eigenvalue weighted by Crippen LogP contribution is 2.22. The van der Waals surface area contributed by atoms with E-state index in [2.05, 4.69) is 10.3 Å². The number of nitrogens with zero attached hydrogens (tertiary/aromatic N) is 1. The molecular weight excluding hydrogens is 367 g/mol. The van der Waals surface area contributed by atoms with E-state index in [1.54, 1.807) is 48.8 Å². The molecule has 0 aliphatic rings. The fourth-order valence-electron chi connectivity index (χ4n) is 2.48. The molecule has 1 amide bonds. The Kier molecular flexibility index (Phi) is 6.03. The Morgan fingerprint density at radius 3 is 2.67 bits per heavy atom. The van der Waals surface area contributed by atoms with Crippen molar-refractivity contribution in [3.8, 4) is 11.5 Å². The molecule has 0 radical (unpaired) electrons. The fraction of sp³-hybridized carbons (Fsp3) is 0.200. The van der Waals surface area contributed by atoms with E-state index in [0.29, 0.717) is 23.5 Å². The van der Waals surface area contributed by atoms with Gasteiger partial charge in [0.1, 0.15) is 12.4 Å². The average molecular weight is 386 g/mol. The molecule has 3 rings (SSSR count). The third-order valence-electron chi connectivity index (χ3n) is 4.01. The predicted octanol–water partition coefficient (Wildman–Crippen LogP) is 4.36. The van der Waals surface area contributed by atoms with Crippen LogP contribution in [-0.2, 0) is 6.61 Å². The number of hydrogen-bond acceptors (Lipinski definition) is 5. The average Bonchev–Trinajstić information content (AvgIpc) is 3.20. The molecule has 140 valence electrons. The lowest BCUT2D eigenvalue weighted by Crippen LogP contribution is -2.26. The Morgan fingerprint density at radius 2 is 2.04 bits per heavy atom. The first-order chi connectivity index (χ1) is 13.1. The normalized spacial score (nSPS) is 11.7. The highest BCUT2D eigenvalue weighted by atomic mass is 32.1. The van der Waals surface area contributed by atoms with Gasteiger partial charge in [-0.05, 0) is 48.9 Å². The maximum absolute atomic E-state index is 13.8. The van der Waals surface area contributed by atoms with E-state index < -0.39 is 5.82 Å². The van der Waals surface area contributed by atoms with Crippen LogP contribution in [0.1, 0.15) is 34.6 Å². The van der Waals surface area contributed by atoms with Crippen LogP contribution in [0.2, 0.25) is 0 Å². The molecule has 27 heavy (non-hydrogen) atoms. The van der Waals surface area contributed by atoms with Crippen LogP contribution in [-0.4, -0.2) is 18.0 Å². The van der Waals surface area contributed by atoms with E-state index in [1.807, 2.05) is 5.38 Å². The largest absolute Gasteiger partial charge is 0.494 e. The number of thiazole rings is 1. The molecule has 0 bridgehead atoms. The standard InChI is InChI=1S/C20H19FN2O3S/c1-13(15-5-8-19(25-2)18(21)9-15)23-20(24)14-3-6-17(7-4-14)26-10-16-11-27-12-22-16/h3-9,11-13H,10H2,1-2H3,(H,23,24)/t13-/m1/s1. The second-order valence-corrected chi connectivity index (χ2v) is 6.60. The van der Waals surface area contributed by atoms with Gasteiger partial charge in [-0.2, -0.15) is 0 Å². The Morgan fingerprint density at radius 1 is 1.26 bits per heavy atom. The Bertz CT molecular complexity index is 898. The third-order valence-corrected chi connectivity index (χ3v) is 4.65. The van der Waals surface area contributed by atoms with Gasteiger partial charge in [0.15, 0.2) is 11.6 Å². The number of halogens is 1. The number of benzene rings is 2. The molecule has 7 heteroatoms. The molecular formula is C20H19FN2O3S. The quantitative estimate of drug-likeness (QED) is 0.655. The molecule has 5 nitrogen and oxygen atoms in total. The molecule has 1 aromatic heterocycles. The summed E-state index contributed by atoms with van der Waals surface area (Å²) < 4.78 is 24.4. The van der Waals surface area contributed by atoms with Crippen molar-refractivity contribution in [3.05, 3.63) is 76.0 Å². The summed E-state index contributed by atoms with van der Waals surface area (Å²) in [5, 5.41) is 4.78. The van der Waals surface area contributed by atoms with Gasteiger partial charge in [0, 0.05) is 10.9 Å². The topological polar surface area (TPSA) is 60.5 Å². The van der Waals surface area contributed by atoms with Crippen molar-refractivity contribution in [1.29, 1.82) is 0 Å². The first kappa shape index (κ1) is 18.8. The van der Waals surface area contributed by atoms with Gasteiger partial charge in [-0.3, -0.25) is 4.79 Å². The minimum atomic E-state index is -0.460. The number of methoxy groups -OCH3 is 1. The van der Waals surface area contributed by atoms with Gasteiger partial charge in [0.25, 0.3) is 5.91 Å². The van der Waals surface area contributed by atoms with Gasteiger partial charge < -0.3 is 14.8 Å². The minimum absolute atomic E-state index is 0.172. The summed E-state index contributed by atoms with van der Waals surface area (Å²) in [6, 6.07) is 11.1. The summed E-state index contributed by atoms with van der Waals surface area (Å²) >= 11 is 1.51. The number of nitrogens with one attached hydrogen (secondary N) is 1. The molecule has 0 fully saturated rings. The number of aromatic nitrogens is 1. The molecule has 0 aliphatic carbocycles. The van der Waals surface area contributed by atoms with Crippen molar-refractivity contribution in [3.63, 3.8) is 0 Å². The van der Waals surface area contributed by atoms with Crippen LogP contribution in [0.15, 0.2) is 53.4 Å². The number of rotatable bonds is 7. The van der Waals surface area contributed by atoms with E-state index in [-0.39, 0.29) is 17.7 Å². The van der Waals surface area contributed by atoms with Crippen molar-refractivity contribution < 1.29 is 18.7 Å². The summed E-state index contributed by atoms with van der Waals surface area (Å²) in [7, 11) is 1.41. The molecule has 0 aliphatic heterocycles. The molecule has 1 atom stereocenters. The van der Waals surface area contributed by atoms with Gasteiger partial charge in [-0.15, -0.1) is 11.3 Å². The number of amides is 1. The van der Waals surface area contributed by atoms with Crippen molar-refractivity contribution in [2.75, 3.05) is 7.11 Å². The molecule has 0 saturated heterocycles. The van der Waals surface area contributed by atoms with Crippen LogP contribution in [0.5, 0.6) is 11.5 Å². The molecule has 0 spiro atoms. The summed E-state index contributed by atoms with van der Waals surface area (Å²) in [5.74, 6) is 0.123. The zero-order valence-electron chi connectivity index (χ0n) is 14.9. The monoisotopic (exact) mass is 386 g/mol. The molecule has 1 heterocycles. The minimum Gasteiger partial charge on any atom is -0.494 e. The lowest BCUT2D eigenvalue weighted by molar-refractivity contribution is 0.0939. The van der Waals surface area contributed by atoms with Crippen molar-refractivity contribution in [2.45, 2.75) is 19.6 Å². The maximum Gasteiger partial charge on any atom is 0.251 e. The van der Waals surface area contributed by atoms with Gasteiger partial charge in [0.2, 0.25) is 0 Å². The predicted molar refractivity (Wildman–Crippen MR) is 102 cm³/mol. The molecule has 2 aromatic carbocycles. The lowest BCUT2D eigenvalue weighted by Gasteiger charge is -2.15. The highest BCUT2D eigenvalue weighted by molar-refractivity contribution is 7.07. The Labute approximate surface area is 160 Å². The van der Waals surface area contributed by atoms with Crippen molar-refractivity contribution in [2.24, 2.45) is 0 Å². The van der Waals surface area contributed by atoms with Crippen LogP contribution < -0.4 is 14.8 Å². The van der Waals surface area contributed by atoms with E-state index in [9.17, 15) is 9.18 Å². The van der Waals surface area contributed by atoms with E-state index in [1.165, 1.54) is 24.5 Å². The second-order valence-electron chi connectivity index (χ2n) is 5.88. The lowest BCUT2D eigenvalue weighted by atomic mass is 10.1. The first-order valence-corrected chi connectivity index (χ1v) is 9.25. The zero-order chi connectivity index (χ0) is 19.2. The second kappa shape index (κ2) is 8.64. The van der Waals surface area contributed by atoms with Crippen molar-refractivity contribution >= 4 is 17.2 Å². The van der Waals surface area contributed by atoms with Crippen LogP contribution in [0.4, 0.5) is 4.39 Å². The molecule has 3 aromatic rings. The van der Waals surface area contributed by atoms with Crippen molar-refractivity contribution in [1.82, 2.24) is 10.3 Å². The smallest absolute Gasteiger partial charge is 0.251 e. The number of hydrogen-bond donors (Lipinski definition) is 1.